The second-order valence-electron chi connectivity index (χ2n) is 6.35. The van der Waals surface area contributed by atoms with Crippen molar-refractivity contribution in [2.75, 3.05) is 31.1 Å². The Balaban J connectivity index is 1.74. The van der Waals surface area contributed by atoms with Gasteiger partial charge in [-0.3, -0.25) is 4.90 Å². The third-order valence-corrected chi connectivity index (χ3v) is 6.02. The van der Waals surface area contributed by atoms with E-state index in [0.717, 1.165) is 11.6 Å². The van der Waals surface area contributed by atoms with Crippen molar-refractivity contribution in [1.82, 2.24) is 4.90 Å². The molecule has 0 unspecified atom stereocenters. The third kappa shape index (κ3) is 4.19. The first-order valence-electron chi connectivity index (χ1n) is 8.34. The van der Waals surface area contributed by atoms with Crippen molar-refractivity contribution in [3.05, 3.63) is 54.1 Å². The lowest BCUT2D eigenvalue weighted by Gasteiger charge is -2.37. The van der Waals surface area contributed by atoms with Crippen molar-refractivity contribution in [3.63, 3.8) is 0 Å². The highest BCUT2D eigenvalue weighted by Gasteiger charge is 2.48. The van der Waals surface area contributed by atoms with Gasteiger partial charge in [0.15, 0.2) is 0 Å². The van der Waals surface area contributed by atoms with Gasteiger partial charge in [-0.05, 0) is 29.8 Å². The number of nitrogens with zero attached hydrogens (tertiary/aromatic N) is 2. The van der Waals surface area contributed by atoms with Gasteiger partial charge in [-0.2, -0.15) is 13.2 Å². The summed E-state index contributed by atoms with van der Waals surface area (Å²) in [6, 6.07) is 12.1. The van der Waals surface area contributed by atoms with E-state index in [2.05, 4.69) is 4.90 Å². The van der Waals surface area contributed by atoms with Crippen LogP contribution in [-0.4, -0.2) is 50.1 Å². The molecule has 3 rings (SSSR count). The van der Waals surface area contributed by atoms with Crippen LogP contribution in [-0.2, 0) is 16.4 Å². The monoisotopic (exact) mass is 400 g/mol. The maximum Gasteiger partial charge on any atom is 0.501 e. The topological polar surface area (TPSA) is 60.9 Å². The number of rotatable bonds is 4. The minimum atomic E-state index is -5.41. The number of sulfone groups is 1. The summed E-state index contributed by atoms with van der Waals surface area (Å²) in [6.45, 7) is 2.54. The second kappa shape index (κ2) is 7.40. The Kier molecular flexibility index (Phi) is 5.34. The molecule has 0 bridgehead atoms. The molecule has 0 amide bonds. The number of anilines is 1. The average Bonchev–Trinajstić information content (AvgIpc) is 2.61. The van der Waals surface area contributed by atoms with Crippen LogP contribution in [0.3, 0.4) is 0 Å². The lowest BCUT2D eigenvalue weighted by molar-refractivity contribution is -0.0435. The van der Waals surface area contributed by atoms with Gasteiger partial charge in [0, 0.05) is 32.7 Å². The molecule has 1 heterocycles. The number of benzene rings is 2. The van der Waals surface area contributed by atoms with Crippen LogP contribution in [0, 0.1) is 0 Å². The summed E-state index contributed by atoms with van der Waals surface area (Å²) < 4.78 is 62.6. The number of hydrogen-bond acceptors (Lipinski definition) is 5. The number of phenols is 1. The Hall–Kier alpha value is -2.26. The molecule has 5 nitrogen and oxygen atoms in total. The Bertz CT molecular complexity index is 908. The number of hydrogen-bond donors (Lipinski definition) is 1. The third-order valence-electron chi connectivity index (χ3n) is 4.49. The molecule has 0 aromatic heterocycles. The van der Waals surface area contributed by atoms with Crippen LogP contribution in [0.1, 0.15) is 5.56 Å². The van der Waals surface area contributed by atoms with Gasteiger partial charge in [0.25, 0.3) is 9.84 Å². The van der Waals surface area contributed by atoms with Crippen molar-refractivity contribution in [3.8, 4) is 5.75 Å². The maximum absolute atomic E-state index is 13.0. The molecular formula is C18H19F3N2O3S. The fourth-order valence-electron chi connectivity index (χ4n) is 3.13. The van der Waals surface area contributed by atoms with Crippen LogP contribution in [0.25, 0.3) is 0 Å². The number of aromatic hydroxyl groups is 1. The number of piperazine rings is 1. The maximum atomic E-state index is 13.0. The number of phenolic OH excluding ortho intramolecular Hbond substituents is 1. The molecule has 1 fully saturated rings. The van der Waals surface area contributed by atoms with Gasteiger partial charge in [-0.15, -0.1) is 0 Å². The minimum Gasteiger partial charge on any atom is -0.508 e. The molecule has 1 aliphatic heterocycles. The van der Waals surface area contributed by atoms with Gasteiger partial charge in [0.1, 0.15) is 5.75 Å². The molecule has 2 aromatic rings. The molecule has 0 saturated carbocycles. The minimum absolute atomic E-state index is 0.0758. The zero-order chi connectivity index (χ0) is 19.7. The van der Waals surface area contributed by atoms with Crippen molar-refractivity contribution in [1.29, 1.82) is 0 Å². The highest BCUT2D eigenvalue weighted by atomic mass is 32.2. The van der Waals surface area contributed by atoms with Gasteiger partial charge in [-0.1, -0.05) is 24.3 Å². The quantitative estimate of drug-likeness (QED) is 0.855. The summed E-state index contributed by atoms with van der Waals surface area (Å²) in [5.41, 5.74) is -4.32. The van der Waals surface area contributed by atoms with Gasteiger partial charge in [0.2, 0.25) is 0 Å². The van der Waals surface area contributed by atoms with E-state index in [1.807, 2.05) is 6.07 Å². The Morgan fingerprint density at radius 2 is 1.63 bits per heavy atom. The summed E-state index contributed by atoms with van der Waals surface area (Å²) in [6.07, 6.45) is 0. The Morgan fingerprint density at radius 1 is 0.963 bits per heavy atom. The first kappa shape index (κ1) is 19.5. The van der Waals surface area contributed by atoms with Gasteiger partial charge in [-0.25, -0.2) is 8.42 Å². The molecule has 9 heteroatoms. The highest BCUT2D eigenvalue weighted by molar-refractivity contribution is 7.92. The summed E-state index contributed by atoms with van der Waals surface area (Å²) in [5.74, 6) is 0.178. The first-order chi connectivity index (χ1) is 12.7. The van der Waals surface area contributed by atoms with E-state index in [1.54, 1.807) is 23.1 Å². The molecule has 2 aromatic carbocycles. The van der Waals surface area contributed by atoms with Gasteiger partial charge in [0.05, 0.1) is 10.6 Å². The lowest BCUT2D eigenvalue weighted by Crippen LogP contribution is -2.46. The van der Waals surface area contributed by atoms with Gasteiger partial charge >= 0.3 is 5.51 Å². The fourth-order valence-corrected chi connectivity index (χ4v) is 4.11. The lowest BCUT2D eigenvalue weighted by atomic mass is 10.2. The molecule has 146 valence electrons. The van der Waals surface area contributed by atoms with Crippen LogP contribution in [0.2, 0.25) is 0 Å². The summed E-state index contributed by atoms with van der Waals surface area (Å²) >= 11 is 0. The number of halogens is 3. The highest BCUT2D eigenvalue weighted by Crippen LogP contribution is 2.36. The normalized spacial score (nSPS) is 16.5. The molecule has 0 atom stereocenters. The van der Waals surface area contributed by atoms with Crippen LogP contribution >= 0.6 is 0 Å². The van der Waals surface area contributed by atoms with Crippen LogP contribution < -0.4 is 4.90 Å². The van der Waals surface area contributed by atoms with Crippen molar-refractivity contribution >= 4 is 15.5 Å². The van der Waals surface area contributed by atoms with Crippen molar-refractivity contribution in [2.45, 2.75) is 16.9 Å². The molecule has 1 saturated heterocycles. The second-order valence-corrected chi connectivity index (χ2v) is 8.26. The molecule has 0 spiro atoms. The molecule has 1 aliphatic rings. The van der Waals surface area contributed by atoms with E-state index in [0.29, 0.717) is 32.7 Å². The summed E-state index contributed by atoms with van der Waals surface area (Å²) in [4.78, 5) is 3.06. The smallest absolute Gasteiger partial charge is 0.501 e. The van der Waals surface area contributed by atoms with E-state index < -0.39 is 20.2 Å². The predicted molar refractivity (Wildman–Crippen MR) is 95.3 cm³/mol. The molecular weight excluding hydrogens is 381 g/mol. The largest absolute Gasteiger partial charge is 0.508 e. The number of para-hydroxylation sites is 1. The Labute approximate surface area is 155 Å². The van der Waals surface area contributed by atoms with Crippen LogP contribution in [0.15, 0.2) is 53.4 Å². The zero-order valence-corrected chi connectivity index (χ0v) is 15.2. The standard InChI is InChI=1S/C18H19F3N2O3S/c19-18(20,21)27(25,26)17-7-2-1-6-16(17)23-10-8-22(9-11-23)13-14-4-3-5-15(24)12-14/h1-7,12,24H,8-11,13H2. The Morgan fingerprint density at radius 3 is 2.26 bits per heavy atom. The fraction of sp³-hybridized carbons (Fsp3) is 0.333. The van der Waals surface area contributed by atoms with Crippen LogP contribution in [0.5, 0.6) is 5.75 Å². The van der Waals surface area contributed by atoms with Crippen molar-refractivity contribution < 1.29 is 26.7 Å². The van der Waals surface area contributed by atoms with E-state index in [1.165, 1.54) is 18.2 Å². The van der Waals surface area contributed by atoms with E-state index in [-0.39, 0.29) is 11.4 Å². The van der Waals surface area contributed by atoms with E-state index in [9.17, 15) is 26.7 Å². The van der Waals surface area contributed by atoms with Crippen LogP contribution in [0.4, 0.5) is 18.9 Å². The zero-order valence-electron chi connectivity index (χ0n) is 14.4. The van der Waals surface area contributed by atoms with E-state index >= 15 is 0 Å². The SMILES string of the molecule is O=S(=O)(c1ccccc1N1CCN(Cc2cccc(O)c2)CC1)C(F)(F)F. The van der Waals surface area contributed by atoms with Crippen molar-refractivity contribution in [2.24, 2.45) is 0 Å². The molecule has 0 aliphatic carbocycles. The van der Waals surface area contributed by atoms with Gasteiger partial charge < -0.3 is 10.0 Å². The summed E-state index contributed by atoms with van der Waals surface area (Å²) in [7, 11) is -5.41. The molecule has 27 heavy (non-hydrogen) atoms. The number of alkyl halides is 3. The molecule has 1 N–H and O–H groups in total. The van der Waals surface area contributed by atoms with E-state index in [4.69, 9.17) is 0 Å². The average molecular weight is 400 g/mol. The molecule has 0 radical (unpaired) electrons. The predicted octanol–water partition coefficient (Wildman–Crippen LogP) is 3.01. The first-order valence-corrected chi connectivity index (χ1v) is 9.82. The summed E-state index contributed by atoms with van der Waals surface area (Å²) in [5, 5.41) is 9.53.